The molecule has 80 valence electrons. The van der Waals surface area contributed by atoms with Crippen molar-refractivity contribution in [2.75, 3.05) is 0 Å². The summed E-state index contributed by atoms with van der Waals surface area (Å²) in [7, 11) is 0. The summed E-state index contributed by atoms with van der Waals surface area (Å²) in [6.07, 6.45) is 4.37. The van der Waals surface area contributed by atoms with E-state index in [2.05, 4.69) is 25.6 Å². The molecule has 0 N–H and O–H groups in total. The fourth-order valence-corrected chi connectivity index (χ4v) is 1.89. The van der Waals surface area contributed by atoms with E-state index in [-0.39, 0.29) is 6.10 Å². The van der Waals surface area contributed by atoms with Crippen LogP contribution in [0, 0.1) is 0 Å². The Kier molecular flexibility index (Phi) is 3.22. The van der Waals surface area contributed by atoms with Crippen LogP contribution in [0.5, 0.6) is 0 Å². The average Bonchev–Trinajstić information content (AvgIpc) is 3.06. The van der Waals surface area contributed by atoms with Crippen molar-refractivity contribution in [3.63, 3.8) is 0 Å². The van der Waals surface area contributed by atoms with Crippen molar-refractivity contribution >= 4 is 5.57 Å². The van der Waals surface area contributed by atoms with Gasteiger partial charge in [0, 0.05) is 0 Å². The summed E-state index contributed by atoms with van der Waals surface area (Å²) in [5, 5.41) is 0. The second kappa shape index (κ2) is 4.63. The highest BCUT2D eigenvalue weighted by atomic mass is 16.6. The monoisotopic (exact) mass is 202 g/mol. The van der Waals surface area contributed by atoms with E-state index in [0.29, 0.717) is 6.10 Å². The Labute approximate surface area is 91.8 Å². The Morgan fingerprint density at radius 1 is 1.33 bits per heavy atom. The number of hydrogen-bond acceptors (Lipinski definition) is 1. The number of unbranched alkanes of at least 4 members (excludes halogenated alkanes) is 1. The van der Waals surface area contributed by atoms with Gasteiger partial charge >= 0.3 is 0 Å². The quantitative estimate of drug-likeness (QED) is 0.664. The van der Waals surface area contributed by atoms with Crippen LogP contribution in [0.1, 0.15) is 31.7 Å². The summed E-state index contributed by atoms with van der Waals surface area (Å²) in [5.41, 5.74) is 2.35. The zero-order valence-electron chi connectivity index (χ0n) is 9.28. The molecule has 2 atom stereocenters. The fourth-order valence-electron chi connectivity index (χ4n) is 1.89. The fraction of sp³-hybridized carbons (Fsp3) is 0.429. The number of hydrogen-bond donors (Lipinski definition) is 0. The van der Waals surface area contributed by atoms with E-state index < -0.39 is 0 Å². The Bertz CT molecular complexity index is 328. The number of benzene rings is 1. The van der Waals surface area contributed by atoms with Crippen LogP contribution in [0.15, 0.2) is 36.9 Å². The molecule has 1 saturated heterocycles. The molecule has 0 aromatic heterocycles. The summed E-state index contributed by atoms with van der Waals surface area (Å²) in [6.45, 7) is 6.33. The van der Waals surface area contributed by atoms with Gasteiger partial charge in [0.15, 0.2) is 0 Å². The van der Waals surface area contributed by atoms with Crippen molar-refractivity contribution in [2.45, 2.75) is 38.4 Å². The summed E-state index contributed by atoms with van der Waals surface area (Å²) in [6, 6.07) is 10.3. The van der Waals surface area contributed by atoms with E-state index in [0.717, 1.165) is 5.57 Å². The number of epoxide rings is 1. The van der Waals surface area contributed by atoms with E-state index in [1.807, 2.05) is 18.2 Å². The minimum Gasteiger partial charge on any atom is -0.365 e. The highest BCUT2D eigenvalue weighted by Crippen LogP contribution is 2.36. The molecule has 1 aliphatic heterocycles. The molecule has 1 aromatic carbocycles. The van der Waals surface area contributed by atoms with Gasteiger partial charge in [-0.05, 0) is 17.6 Å². The van der Waals surface area contributed by atoms with Gasteiger partial charge < -0.3 is 4.74 Å². The van der Waals surface area contributed by atoms with E-state index in [1.54, 1.807) is 0 Å². The number of rotatable bonds is 5. The van der Waals surface area contributed by atoms with Gasteiger partial charge in [-0.25, -0.2) is 0 Å². The lowest BCUT2D eigenvalue weighted by atomic mass is 10.0. The molecule has 1 heteroatoms. The lowest BCUT2D eigenvalue weighted by Crippen LogP contribution is -1.96. The van der Waals surface area contributed by atoms with Crippen LogP contribution >= 0.6 is 0 Å². The molecule has 0 saturated carbocycles. The highest BCUT2D eigenvalue weighted by molar-refractivity contribution is 5.69. The SMILES string of the molecule is C=C(c1ccccc1)[C@@H]1O[C@H]1CCCC. The average molecular weight is 202 g/mol. The van der Waals surface area contributed by atoms with Gasteiger partial charge in [0.05, 0.1) is 6.10 Å². The molecular weight excluding hydrogens is 184 g/mol. The zero-order valence-corrected chi connectivity index (χ0v) is 9.28. The summed E-state index contributed by atoms with van der Waals surface area (Å²) < 4.78 is 5.64. The van der Waals surface area contributed by atoms with Crippen molar-refractivity contribution < 1.29 is 4.74 Å². The largest absolute Gasteiger partial charge is 0.365 e. The third kappa shape index (κ3) is 2.48. The minimum absolute atomic E-state index is 0.277. The van der Waals surface area contributed by atoms with Gasteiger partial charge in [-0.1, -0.05) is 56.7 Å². The molecule has 0 radical (unpaired) electrons. The van der Waals surface area contributed by atoms with E-state index in [1.165, 1.54) is 24.8 Å². The van der Waals surface area contributed by atoms with E-state index in [9.17, 15) is 0 Å². The standard InChI is InChI=1S/C14H18O/c1-3-4-10-13-14(15-13)11(2)12-8-6-5-7-9-12/h5-9,13-14H,2-4,10H2,1H3/t13-,14-/m0/s1. The smallest absolute Gasteiger partial charge is 0.109 e. The molecule has 0 aliphatic carbocycles. The van der Waals surface area contributed by atoms with Crippen molar-refractivity contribution in [2.24, 2.45) is 0 Å². The molecular formula is C14H18O. The first-order valence-electron chi connectivity index (χ1n) is 5.72. The lowest BCUT2D eigenvalue weighted by Gasteiger charge is -2.01. The third-order valence-electron chi connectivity index (χ3n) is 2.91. The second-order valence-corrected chi connectivity index (χ2v) is 4.13. The van der Waals surface area contributed by atoms with Gasteiger partial charge in [-0.2, -0.15) is 0 Å². The van der Waals surface area contributed by atoms with Crippen LogP contribution in [-0.4, -0.2) is 12.2 Å². The molecule has 1 aliphatic rings. The first-order chi connectivity index (χ1) is 7.33. The summed E-state index contributed by atoms with van der Waals surface area (Å²) in [4.78, 5) is 0. The predicted octanol–water partition coefficient (Wildman–Crippen LogP) is 3.66. The molecule has 0 bridgehead atoms. The molecule has 1 fully saturated rings. The number of ether oxygens (including phenoxy) is 1. The highest BCUT2D eigenvalue weighted by Gasteiger charge is 2.40. The lowest BCUT2D eigenvalue weighted by molar-refractivity contribution is 0.377. The van der Waals surface area contributed by atoms with Crippen LogP contribution in [0.4, 0.5) is 0 Å². The summed E-state index contributed by atoms with van der Waals surface area (Å²) in [5.74, 6) is 0. The molecule has 1 nitrogen and oxygen atoms in total. The first-order valence-corrected chi connectivity index (χ1v) is 5.72. The molecule has 1 heterocycles. The normalized spacial score (nSPS) is 23.8. The Hall–Kier alpha value is -1.08. The minimum atomic E-state index is 0.277. The molecule has 15 heavy (non-hydrogen) atoms. The Morgan fingerprint density at radius 2 is 2.07 bits per heavy atom. The van der Waals surface area contributed by atoms with Gasteiger partial charge in [-0.15, -0.1) is 0 Å². The zero-order chi connectivity index (χ0) is 10.7. The first kappa shape index (κ1) is 10.4. The second-order valence-electron chi connectivity index (χ2n) is 4.13. The topological polar surface area (TPSA) is 12.5 Å². The maximum Gasteiger partial charge on any atom is 0.109 e. The molecule has 2 rings (SSSR count). The maximum atomic E-state index is 5.64. The van der Waals surface area contributed by atoms with Crippen LogP contribution in [0.3, 0.4) is 0 Å². The third-order valence-corrected chi connectivity index (χ3v) is 2.91. The van der Waals surface area contributed by atoms with Gasteiger partial charge in [0.2, 0.25) is 0 Å². The van der Waals surface area contributed by atoms with E-state index >= 15 is 0 Å². The van der Waals surface area contributed by atoms with Crippen LogP contribution in [0.2, 0.25) is 0 Å². The van der Waals surface area contributed by atoms with Crippen LogP contribution in [-0.2, 0) is 4.74 Å². The van der Waals surface area contributed by atoms with Crippen molar-refractivity contribution in [1.29, 1.82) is 0 Å². The van der Waals surface area contributed by atoms with Crippen molar-refractivity contribution in [3.05, 3.63) is 42.5 Å². The van der Waals surface area contributed by atoms with Crippen molar-refractivity contribution in [3.8, 4) is 0 Å². The maximum absolute atomic E-state index is 5.64. The van der Waals surface area contributed by atoms with Crippen molar-refractivity contribution in [1.82, 2.24) is 0 Å². The molecule has 0 amide bonds. The molecule has 0 spiro atoms. The van der Waals surface area contributed by atoms with Gasteiger partial charge in [-0.3, -0.25) is 0 Å². The van der Waals surface area contributed by atoms with E-state index in [4.69, 9.17) is 4.74 Å². The predicted molar refractivity (Wildman–Crippen MR) is 63.7 cm³/mol. The van der Waals surface area contributed by atoms with Gasteiger partial charge in [0.1, 0.15) is 6.10 Å². The van der Waals surface area contributed by atoms with Gasteiger partial charge in [0.25, 0.3) is 0 Å². The van der Waals surface area contributed by atoms with Crippen LogP contribution < -0.4 is 0 Å². The van der Waals surface area contributed by atoms with Crippen LogP contribution in [0.25, 0.3) is 5.57 Å². The molecule has 0 unspecified atom stereocenters. The Balaban J connectivity index is 1.89. The summed E-state index contributed by atoms with van der Waals surface area (Å²) >= 11 is 0. The Morgan fingerprint density at radius 3 is 2.73 bits per heavy atom. The molecule has 1 aromatic rings.